The van der Waals surface area contributed by atoms with Crippen LogP contribution in [0.3, 0.4) is 0 Å². The van der Waals surface area contributed by atoms with Crippen molar-refractivity contribution in [3.63, 3.8) is 0 Å². The van der Waals surface area contributed by atoms with Crippen molar-refractivity contribution in [2.45, 2.75) is 45.2 Å². The van der Waals surface area contributed by atoms with Gasteiger partial charge >= 0.3 is 0 Å². The van der Waals surface area contributed by atoms with Gasteiger partial charge in [-0.25, -0.2) is 0 Å². The van der Waals surface area contributed by atoms with E-state index in [4.69, 9.17) is 14.0 Å². The fraction of sp³-hybridized carbons (Fsp3) is 0.444. The highest BCUT2D eigenvalue weighted by atomic mass is 16.5. The number of hydrogen-bond donors (Lipinski definition) is 4. The van der Waals surface area contributed by atoms with Crippen molar-refractivity contribution in [3.8, 4) is 11.6 Å². The molecule has 3 atom stereocenters. The molecule has 0 aliphatic carbocycles. The van der Waals surface area contributed by atoms with E-state index in [2.05, 4.69) is 26.1 Å². The van der Waals surface area contributed by atoms with E-state index < -0.39 is 35.6 Å². The van der Waals surface area contributed by atoms with Crippen molar-refractivity contribution in [1.82, 2.24) is 26.1 Å². The van der Waals surface area contributed by atoms with Crippen molar-refractivity contribution in [2.75, 3.05) is 20.3 Å². The SMILES string of the molecule is COc1cccc2[nH]c(C(=O)N[C@@H](CC(C)C)C(=O)NC(CC3CCNC3=O)C(=O)COc3ccon3)cc12. The van der Waals surface area contributed by atoms with Crippen LogP contribution in [0.5, 0.6) is 11.6 Å². The lowest BCUT2D eigenvalue weighted by Gasteiger charge is -2.25. The van der Waals surface area contributed by atoms with Crippen LogP contribution in [0.2, 0.25) is 0 Å². The number of fused-ring (bicyclic) bond motifs is 1. The van der Waals surface area contributed by atoms with Gasteiger partial charge in [-0.2, -0.15) is 0 Å². The molecular weight excluding hydrogens is 506 g/mol. The Bertz CT molecular complexity index is 1320. The number of carbonyl (C=O) groups excluding carboxylic acids is 4. The van der Waals surface area contributed by atoms with Crippen LogP contribution in [0, 0.1) is 11.8 Å². The highest BCUT2D eigenvalue weighted by Crippen LogP contribution is 2.26. The Morgan fingerprint density at radius 2 is 2.00 bits per heavy atom. The van der Waals surface area contributed by atoms with Gasteiger partial charge in [0.25, 0.3) is 11.8 Å². The van der Waals surface area contributed by atoms with Crippen LogP contribution in [0.15, 0.2) is 41.1 Å². The summed E-state index contributed by atoms with van der Waals surface area (Å²) in [6.07, 6.45) is 2.31. The van der Waals surface area contributed by atoms with Crippen molar-refractivity contribution >= 4 is 34.4 Å². The number of ether oxygens (including phenoxy) is 2. The van der Waals surface area contributed by atoms with Gasteiger partial charge in [0.2, 0.25) is 11.8 Å². The Morgan fingerprint density at radius 1 is 1.18 bits per heavy atom. The third kappa shape index (κ3) is 6.95. The van der Waals surface area contributed by atoms with Crippen molar-refractivity contribution in [2.24, 2.45) is 11.8 Å². The van der Waals surface area contributed by atoms with E-state index in [9.17, 15) is 19.2 Å². The van der Waals surface area contributed by atoms with Gasteiger partial charge in [-0.3, -0.25) is 19.2 Å². The Morgan fingerprint density at radius 3 is 2.67 bits per heavy atom. The van der Waals surface area contributed by atoms with E-state index in [0.29, 0.717) is 25.1 Å². The van der Waals surface area contributed by atoms with E-state index in [0.717, 1.165) is 10.9 Å². The van der Waals surface area contributed by atoms with Gasteiger partial charge in [0.05, 0.1) is 13.2 Å². The summed E-state index contributed by atoms with van der Waals surface area (Å²) in [6.45, 7) is 3.99. The molecule has 0 saturated carbocycles. The first-order valence-corrected chi connectivity index (χ1v) is 12.9. The number of aromatic nitrogens is 2. The molecule has 1 fully saturated rings. The quantitative estimate of drug-likeness (QED) is 0.256. The highest BCUT2D eigenvalue weighted by molar-refractivity contribution is 6.02. The van der Waals surface area contributed by atoms with Crippen molar-refractivity contribution in [3.05, 3.63) is 42.3 Å². The molecule has 2 unspecified atom stereocenters. The molecule has 12 nitrogen and oxygen atoms in total. The average Bonchev–Trinajstić information content (AvgIpc) is 3.67. The molecule has 1 aliphatic rings. The van der Waals surface area contributed by atoms with Gasteiger partial charge in [-0.05, 0) is 48.5 Å². The van der Waals surface area contributed by atoms with Crippen LogP contribution in [0.4, 0.5) is 0 Å². The number of benzene rings is 1. The molecule has 1 aliphatic heterocycles. The smallest absolute Gasteiger partial charge is 0.268 e. The van der Waals surface area contributed by atoms with Crippen molar-refractivity contribution in [1.29, 1.82) is 0 Å². The number of ketones is 1. The Kier molecular flexibility index (Phi) is 8.84. The maximum absolute atomic E-state index is 13.4. The summed E-state index contributed by atoms with van der Waals surface area (Å²) < 4.78 is 15.4. The number of H-pyrrole nitrogens is 1. The summed E-state index contributed by atoms with van der Waals surface area (Å²) in [5.41, 5.74) is 0.990. The molecule has 3 aromatic rings. The highest BCUT2D eigenvalue weighted by Gasteiger charge is 2.33. The summed E-state index contributed by atoms with van der Waals surface area (Å²) in [4.78, 5) is 55.0. The summed E-state index contributed by atoms with van der Waals surface area (Å²) in [7, 11) is 1.55. The fourth-order valence-corrected chi connectivity index (χ4v) is 4.59. The number of nitrogens with one attached hydrogen (secondary N) is 4. The second-order valence-electron chi connectivity index (χ2n) is 9.93. The normalized spacial score (nSPS) is 16.5. The molecule has 0 bridgehead atoms. The molecule has 0 spiro atoms. The maximum Gasteiger partial charge on any atom is 0.268 e. The molecule has 12 heteroatoms. The first-order chi connectivity index (χ1) is 18.7. The number of nitrogens with zero attached hydrogens (tertiary/aromatic N) is 1. The van der Waals surface area contributed by atoms with Gasteiger partial charge in [-0.15, -0.1) is 0 Å². The van der Waals surface area contributed by atoms with E-state index in [1.807, 2.05) is 26.0 Å². The number of carbonyl (C=O) groups is 4. The largest absolute Gasteiger partial charge is 0.496 e. The van der Waals surface area contributed by atoms with E-state index in [1.54, 1.807) is 19.2 Å². The topological polar surface area (TPSA) is 165 Å². The van der Waals surface area contributed by atoms with Crippen LogP contribution >= 0.6 is 0 Å². The minimum atomic E-state index is -0.998. The monoisotopic (exact) mass is 539 g/mol. The average molecular weight is 540 g/mol. The van der Waals surface area contributed by atoms with Gasteiger partial charge < -0.3 is 34.9 Å². The first-order valence-electron chi connectivity index (χ1n) is 12.9. The molecule has 1 saturated heterocycles. The number of amides is 3. The predicted molar refractivity (Wildman–Crippen MR) is 140 cm³/mol. The van der Waals surface area contributed by atoms with Crippen LogP contribution in [-0.2, 0) is 14.4 Å². The van der Waals surface area contributed by atoms with Gasteiger partial charge in [0, 0.05) is 29.4 Å². The number of aromatic amines is 1. The van der Waals surface area contributed by atoms with Gasteiger partial charge in [0.1, 0.15) is 23.7 Å². The molecule has 208 valence electrons. The molecular formula is C27H33N5O7. The lowest BCUT2D eigenvalue weighted by molar-refractivity contribution is -0.131. The number of methoxy groups -OCH3 is 1. The van der Waals surface area contributed by atoms with E-state index >= 15 is 0 Å². The van der Waals surface area contributed by atoms with Crippen LogP contribution in [-0.4, -0.2) is 66.0 Å². The maximum atomic E-state index is 13.4. The second kappa shape index (κ2) is 12.5. The van der Waals surface area contributed by atoms with Crippen molar-refractivity contribution < 1.29 is 33.2 Å². The molecule has 4 rings (SSSR count). The molecule has 0 radical (unpaired) electrons. The zero-order valence-corrected chi connectivity index (χ0v) is 22.1. The molecule has 3 heterocycles. The number of Topliss-reactive ketones (excluding diaryl/α,β-unsaturated/α-hetero) is 1. The number of hydrogen-bond acceptors (Lipinski definition) is 8. The van der Waals surface area contributed by atoms with Crippen LogP contribution < -0.4 is 25.4 Å². The third-order valence-electron chi connectivity index (χ3n) is 6.58. The fourth-order valence-electron chi connectivity index (χ4n) is 4.59. The third-order valence-corrected chi connectivity index (χ3v) is 6.58. The summed E-state index contributed by atoms with van der Waals surface area (Å²) in [5, 5.41) is 12.7. The van der Waals surface area contributed by atoms with E-state index in [-0.39, 0.29) is 36.4 Å². The Balaban J connectivity index is 1.49. The standard InChI is InChI=1S/C27H33N5O7/c1-15(2)11-20(31-27(36)21-13-17-18(29-21)5-4-6-23(17)37-3)26(35)30-19(12-16-7-9-28-25(16)34)22(33)14-38-24-8-10-39-32-24/h4-6,8,10,13,15-16,19-20,29H,7,9,11-12,14H2,1-3H3,(H,28,34)(H,30,35)(H,31,36)/t16?,19?,20-/m0/s1. The summed E-state index contributed by atoms with van der Waals surface area (Å²) in [5.74, 6) is -1.20. The molecule has 4 N–H and O–H groups in total. The summed E-state index contributed by atoms with van der Waals surface area (Å²) >= 11 is 0. The van der Waals surface area contributed by atoms with Crippen LogP contribution in [0.1, 0.15) is 43.6 Å². The first kappa shape index (κ1) is 27.7. The zero-order chi connectivity index (χ0) is 27.9. The Hall–Kier alpha value is -4.35. The summed E-state index contributed by atoms with van der Waals surface area (Å²) in [6, 6.07) is 6.63. The zero-order valence-electron chi connectivity index (χ0n) is 22.1. The lowest BCUT2D eigenvalue weighted by Crippen LogP contribution is -2.53. The van der Waals surface area contributed by atoms with Gasteiger partial charge in [0.15, 0.2) is 12.4 Å². The lowest BCUT2D eigenvalue weighted by atomic mass is 9.95. The van der Waals surface area contributed by atoms with Crippen LogP contribution in [0.25, 0.3) is 10.9 Å². The minimum Gasteiger partial charge on any atom is -0.496 e. The van der Waals surface area contributed by atoms with E-state index in [1.165, 1.54) is 12.3 Å². The second-order valence-corrected chi connectivity index (χ2v) is 9.93. The Labute approximate surface area is 225 Å². The minimum absolute atomic E-state index is 0.0640. The molecule has 2 aromatic heterocycles. The molecule has 1 aromatic carbocycles. The van der Waals surface area contributed by atoms with Gasteiger partial charge in [-0.1, -0.05) is 19.9 Å². The molecule has 39 heavy (non-hydrogen) atoms. The molecule has 3 amide bonds. The number of rotatable bonds is 13. The predicted octanol–water partition coefficient (Wildman–Crippen LogP) is 1.97.